The Kier molecular flexibility index (Phi) is 8.02. The second-order valence-corrected chi connectivity index (χ2v) is 8.36. The number of aromatic nitrogens is 2. The van der Waals surface area contributed by atoms with E-state index in [1.54, 1.807) is 39.3 Å². The molecule has 0 radical (unpaired) electrons. The Bertz CT molecular complexity index is 1210. The van der Waals surface area contributed by atoms with Crippen molar-refractivity contribution in [3.63, 3.8) is 0 Å². The van der Waals surface area contributed by atoms with Crippen LogP contribution in [0.1, 0.15) is 35.1 Å². The maximum absolute atomic E-state index is 13.3. The number of aliphatic hydroxyl groups is 1. The molecular weight excluding hydrogens is 440 g/mol. The van der Waals surface area contributed by atoms with Crippen LogP contribution in [0, 0.1) is 6.92 Å². The fraction of sp³-hybridized carbons (Fsp3) is 0.250. The maximum Gasteiger partial charge on any atom is 0.224 e. The summed E-state index contributed by atoms with van der Waals surface area (Å²) in [4.78, 5) is 35.4. The highest BCUT2D eigenvalue weighted by Gasteiger charge is 2.19. The van der Waals surface area contributed by atoms with Gasteiger partial charge in [0.15, 0.2) is 0 Å². The number of hydrogen-bond acceptors (Lipinski definition) is 8. The average Bonchev–Trinajstić information content (AvgIpc) is 2.82. The van der Waals surface area contributed by atoms with Gasteiger partial charge in [-0.25, -0.2) is 9.97 Å². The first-order chi connectivity index (χ1) is 15.9. The lowest BCUT2D eigenvalue weighted by Crippen LogP contribution is -2.22. The molecule has 0 aliphatic carbocycles. The highest BCUT2D eigenvalue weighted by Crippen LogP contribution is 2.34. The Morgan fingerprint density at radius 3 is 2.61 bits per heavy atom. The lowest BCUT2D eigenvalue weighted by atomic mass is 10.0. The van der Waals surface area contributed by atoms with E-state index >= 15 is 0 Å². The third-order valence-corrected chi connectivity index (χ3v) is 6.35. The number of aliphatic hydroxyl groups excluding tert-OH is 1. The number of fused-ring (bicyclic) bond motifs is 1. The number of rotatable bonds is 9. The summed E-state index contributed by atoms with van der Waals surface area (Å²) in [5.41, 5.74) is 7.64. The monoisotopic (exact) mass is 466 g/mol. The van der Waals surface area contributed by atoms with Crippen molar-refractivity contribution in [1.82, 2.24) is 14.9 Å². The number of nitrogen functional groups attached to an aromatic ring is 1. The molecule has 0 saturated heterocycles. The minimum atomic E-state index is -0.194. The number of nitrogens with zero attached hydrogens (tertiary/aromatic N) is 3. The molecule has 3 aromatic rings. The molecule has 0 aliphatic heterocycles. The number of methoxy groups -OCH3 is 1. The number of nitrogens with two attached hydrogens (primary N) is 1. The predicted molar refractivity (Wildman–Crippen MR) is 130 cm³/mol. The van der Waals surface area contributed by atoms with Crippen molar-refractivity contribution in [1.29, 1.82) is 0 Å². The summed E-state index contributed by atoms with van der Waals surface area (Å²) in [6, 6.07) is 11.0. The first-order valence-corrected chi connectivity index (χ1v) is 11.1. The molecule has 1 aromatic heterocycles. The standard InChI is InChI=1S/C24H26N4O4S/c1-15(28(14-30)13-17-12-26-16(2)27-23(17)25)22(10-11-29)33-24(31)20-8-9-21(32-3)19-7-5-4-6-18(19)20/h4-9,12,14,29H,10-11,13H2,1-3H3,(H2,25,26,27). The third-order valence-electron chi connectivity index (χ3n) is 5.20. The van der Waals surface area contributed by atoms with Gasteiger partial charge >= 0.3 is 0 Å². The largest absolute Gasteiger partial charge is 0.496 e. The predicted octanol–water partition coefficient (Wildman–Crippen LogP) is 3.67. The molecule has 0 spiro atoms. The van der Waals surface area contributed by atoms with Crippen molar-refractivity contribution in [3.8, 4) is 5.75 Å². The van der Waals surface area contributed by atoms with E-state index in [0.29, 0.717) is 45.5 Å². The van der Waals surface area contributed by atoms with Gasteiger partial charge in [0.1, 0.15) is 17.4 Å². The van der Waals surface area contributed by atoms with Gasteiger partial charge in [-0.3, -0.25) is 9.59 Å². The van der Waals surface area contributed by atoms with Crippen molar-refractivity contribution >= 4 is 39.9 Å². The molecule has 33 heavy (non-hydrogen) atoms. The molecule has 0 unspecified atom stereocenters. The topological polar surface area (TPSA) is 119 Å². The molecule has 172 valence electrons. The summed E-state index contributed by atoms with van der Waals surface area (Å²) in [7, 11) is 1.59. The molecule has 9 heteroatoms. The number of anilines is 1. The van der Waals surface area contributed by atoms with Crippen molar-refractivity contribution in [2.24, 2.45) is 0 Å². The molecule has 3 N–H and O–H groups in total. The van der Waals surface area contributed by atoms with Crippen LogP contribution in [0.2, 0.25) is 0 Å². The second kappa shape index (κ2) is 10.9. The van der Waals surface area contributed by atoms with Gasteiger partial charge in [0.2, 0.25) is 11.5 Å². The van der Waals surface area contributed by atoms with Crippen molar-refractivity contribution in [2.75, 3.05) is 19.5 Å². The van der Waals surface area contributed by atoms with Crippen LogP contribution >= 0.6 is 11.8 Å². The van der Waals surface area contributed by atoms with Crippen molar-refractivity contribution in [3.05, 3.63) is 70.1 Å². The first-order valence-electron chi connectivity index (χ1n) is 10.3. The van der Waals surface area contributed by atoms with E-state index in [2.05, 4.69) is 9.97 Å². The molecule has 1 heterocycles. The number of ether oxygens (including phenoxy) is 1. The summed E-state index contributed by atoms with van der Waals surface area (Å²) >= 11 is 0.997. The van der Waals surface area contributed by atoms with E-state index in [1.165, 1.54) is 4.90 Å². The van der Waals surface area contributed by atoms with Crippen LogP contribution in [0.25, 0.3) is 10.8 Å². The zero-order chi connectivity index (χ0) is 24.0. The van der Waals surface area contributed by atoms with Crippen molar-refractivity contribution < 1.29 is 19.4 Å². The van der Waals surface area contributed by atoms with Gasteiger partial charge in [-0.2, -0.15) is 0 Å². The van der Waals surface area contributed by atoms with Gasteiger partial charge in [-0.15, -0.1) is 0 Å². The van der Waals surface area contributed by atoms with E-state index in [0.717, 1.165) is 22.5 Å². The van der Waals surface area contributed by atoms with Gasteiger partial charge in [-0.05, 0) is 43.1 Å². The van der Waals surface area contributed by atoms with Gasteiger partial charge in [0.05, 0.1) is 13.7 Å². The minimum absolute atomic E-state index is 0.149. The average molecular weight is 467 g/mol. The molecule has 0 bridgehead atoms. The number of carbonyl (C=O) groups excluding carboxylic acids is 2. The lowest BCUT2D eigenvalue weighted by Gasteiger charge is -2.22. The van der Waals surface area contributed by atoms with Gasteiger partial charge in [0, 0.05) is 46.3 Å². The Morgan fingerprint density at radius 2 is 1.97 bits per heavy atom. The third kappa shape index (κ3) is 5.50. The summed E-state index contributed by atoms with van der Waals surface area (Å²) in [6.07, 6.45) is 2.47. The Hall–Kier alpha value is -3.43. The van der Waals surface area contributed by atoms with E-state index < -0.39 is 0 Å². The Balaban J connectivity index is 1.93. The van der Waals surface area contributed by atoms with Crippen LogP contribution in [-0.2, 0) is 11.3 Å². The Morgan fingerprint density at radius 1 is 1.24 bits per heavy atom. The number of aryl methyl sites for hydroxylation is 1. The summed E-state index contributed by atoms with van der Waals surface area (Å²) in [6.45, 7) is 3.44. The minimum Gasteiger partial charge on any atom is -0.496 e. The van der Waals surface area contributed by atoms with Gasteiger partial charge < -0.3 is 20.5 Å². The van der Waals surface area contributed by atoms with E-state index in [1.807, 2.05) is 24.3 Å². The number of amides is 1. The quantitative estimate of drug-likeness (QED) is 0.459. The maximum atomic E-state index is 13.3. The zero-order valence-electron chi connectivity index (χ0n) is 18.7. The van der Waals surface area contributed by atoms with Crippen LogP contribution in [0.15, 0.2) is 53.2 Å². The summed E-state index contributed by atoms with van der Waals surface area (Å²) in [5, 5.41) is 11.0. The SMILES string of the molecule is COc1ccc(C(=O)SC(CCO)=C(C)N(C=O)Cc2cnc(C)nc2N)c2ccccc12. The zero-order valence-corrected chi connectivity index (χ0v) is 19.6. The Labute approximate surface area is 196 Å². The number of allylic oxidation sites excluding steroid dienone is 1. The molecule has 0 atom stereocenters. The summed E-state index contributed by atoms with van der Waals surface area (Å²) < 4.78 is 5.41. The molecule has 1 amide bonds. The normalized spacial score (nSPS) is 11.8. The van der Waals surface area contributed by atoms with E-state index in [-0.39, 0.29) is 24.7 Å². The fourth-order valence-electron chi connectivity index (χ4n) is 3.41. The fourth-order valence-corrected chi connectivity index (χ4v) is 4.38. The number of thioether (sulfide) groups is 1. The lowest BCUT2D eigenvalue weighted by molar-refractivity contribution is -0.116. The molecule has 0 saturated carbocycles. The number of benzene rings is 2. The smallest absolute Gasteiger partial charge is 0.224 e. The van der Waals surface area contributed by atoms with Crippen LogP contribution in [0.4, 0.5) is 5.82 Å². The second-order valence-electron chi connectivity index (χ2n) is 7.29. The van der Waals surface area contributed by atoms with Gasteiger partial charge in [-0.1, -0.05) is 24.3 Å². The van der Waals surface area contributed by atoms with Crippen molar-refractivity contribution in [2.45, 2.75) is 26.8 Å². The first kappa shape index (κ1) is 24.2. The van der Waals surface area contributed by atoms with Crippen LogP contribution in [-0.4, -0.2) is 45.2 Å². The molecule has 8 nitrogen and oxygen atoms in total. The van der Waals surface area contributed by atoms with Crippen LogP contribution < -0.4 is 10.5 Å². The highest BCUT2D eigenvalue weighted by molar-refractivity contribution is 8.17. The summed E-state index contributed by atoms with van der Waals surface area (Å²) in [5.74, 6) is 1.51. The van der Waals surface area contributed by atoms with Gasteiger partial charge in [0.25, 0.3) is 0 Å². The van der Waals surface area contributed by atoms with Crippen LogP contribution in [0.3, 0.4) is 0 Å². The number of carbonyl (C=O) groups is 2. The molecule has 3 rings (SSSR count). The molecular formula is C24H26N4O4S. The van der Waals surface area contributed by atoms with E-state index in [9.17, 15) is 14.7 Å². The van der Waals surface area contributed by atoms with Crippen LogP contribution in [0.5, 0.6) is 5.75 Å². The molecule has 0 fully saturated rings. The highest BCUT2D eigenvalue weighted by atomic mass is 32.2. The van der Waals surface area contributed by atoms with E-state index in [4.69, 9.17) is 10.5 Å². The molecule has 0 aliphatic rings. The number of hydrogen-bond donors (Lipinski definition) is 2. The molecule has 2 aromatic carbocycles.